The van der Waals surface area contributed by atoms with Crippen LogP contribution >= 0.6 is 0 Å². The number of amides is 1. The summed E-state index contributed by atoms with van der Waals surface area (Å²) in [5, 5.41) is 2.91. The second kappa shape index (κ2) is 3.72. The van der Waals surface area contributed by atoms with Crippen LogP contribution in [0, 0.1) is 5.92 Å². The number of hydrogen-bond acceptors (Lipinski definition) is 2. The van der Waals surface area contributed by atoms with Gasteiger partial charge in [-0.1, -0.05) is 0 Å². The van der Waals surface area contributed by atoms with Crippen LogP contribution in [-0.2, 0) is 4.79 Å². The van der Waals surface area contributed by atoms with E-state index >= 15 is 0 Å². The van der Waals surface area contributed by atoms with Crippen LogP contribution in [0.1, 0.15) is 26.2 Å². The van der Waals surface area contributed by atoms with Gasteiger partial charge in [-0.25, -0.2) is 0 Å². The maximum absolute atomic E-state index is 10.7. The summed E-state index contributed by atoms with van der Waals surface area (Å²) in [6.07, 6.45) is 3.33. The molecule has 3 nitrogen and oxygen atoms in total. The lowest BCUT2D eigenvalue weighted by Gasteiger charge is -2.10. The van der Waals surface area contributed by atoms with Crippen molar-refractivity contribution in [2.75, 3.05) is 6.54 Å². The van der Waals surface area contributed by atoms with Crippen molar-refractivity contribution in [3.05, 3.63) is 0 Å². The van der Waals surface area contributed by atoms with Crippen LogP contribution < -0.4 is 11.1 Å². The summed E-state index contributed by atoms with van der Waals surface area (Å²) in [5.74, 6) is 0.708. The topological polar surface area (TPSA) is 55.1 Å². The zero-order chi connectivity index (χ0) is 8.27. The Hall–Kier alpha value is -0.570. The molecule has 0 saturated heterocycles. The molecule has 0 heterocycles. The first-order chi connectivity index (χ1) is 5.22. The normalized spacial score (nSPS) is 30.4. The quantitative estimate of drug-likeness (QED) is 0.602. The van der Waals surface area contributed by atoms with Gasteiger partial charge in [-0.15, -0.1) is 0 Å². The van der Waals surface area contributed by atoms with Crippen molar-refractivity contribution in [3.63, 3.8) is 0 Å². The molecule has 1 fully saturated rings. The summed E-state index contributed by atoms with van der Waals surface area (Å²) in [7, 11) is 0. The van der Waals surface area contributed by atoms with Crippen LogP contribution in [0.25, 0.3) is 0 Å². The van der Waals surface area contributed by atoms with E-state index in [2.05, 4.69) is 5.32 Å². The molecule has 1 rings (SSSR count). The highest BCUT2D eigenvalue weighted by Gasteiger charge is 2.23. The van der Waals surface area contributed by atoms with Gasteiger partial charge in [-0.2, -0.15) is 0 Å². The zero-order valence-corrected chi connectivity index (χ0v) is 6.97. The van der Waals surface area contributed by atoms with Gasteiger partial charge in [0, 0.05) is 13.0 Å². The van der Waals surface area contributed by atoms with E-state index in [1.165, 1.54) is 6.42 Å². The molecule has 1 aliphatic rings. The third-order valence-corrected chi connectivity index (χ3v) is 2.28. The summed E-state index contributed by atoms with van der Waals surface area (Å²) in [6, 6.07) is 0.390. The lowest BCUT2D eigenvalue weighted by Crippen LogP contribution is -2.31. The molecule has 64 valence electrons. The molecule has 0 bridgehead atoms. The second-order valence-electron chi connectivity index (χ2n) is 3.31. The number of nitrogens with two attached hydrogens (primary N) is 1. The molecule has 0 spiro atoms. The van der Waals surface area contributed by atoms with Crippen LogP contribution in [0.3, 0.4) is 0 Å². The van der Waals surface area contributed by atoms with E-state index < -0.39 is 0 Å². The predicted molar refractivity (Wildman–Crippen MR) is 44.0 cm³/mol. The average molecular weight is 156 g/mol. The third-order valence-electron chi connectivity index (χ3n) is 2.28. The molecular weight excluding hydrogens is 140 g/mol. The molecule has 11 heavy (non-hydrogen) atoms. The second-order valence-corrected chi connectivity index (χ2v) is 3.31. The summed E-state index contributed by atoms with van der Waals surface area (Å²) in [5.41, 5.74) is 5.51. The Morgan fingerprint density at radius 2 is 2.36 bits per heavy atom. The van der Waals surface area contributed by atoms with Gasteiger partial charge in [0.2, 0.25) is 5.91 Å². The summed E-state index contributed by atoms with van der Waals surface area (Å²) in [6.45, 7) is 2.33. The Labute approximate surface area is 67.3 Å². The Morgan fingerprint density at radius 1 is 1.64 bits per heavy atom. The molecular formula is C8H16N2O. The fourth-order valence-electron chi connectivity index (χ4n) is 1.71. The van der Waals surface area contributed by atoms with Crippen molar-refractivity contribution in [1.29, 1.82) is 0 Å². The minimum atomic E-state index is 0.0765. The molecule has 0 radical (unpaired) electrons. The molecule has 1 saturated carbocycles. The van der Waals surface area contributed by atoms with E-state index in [0.717, 1.165) is 19.4 Å². The highest BCUT2D eigenvalue weighted by molar-refractivity contribution is 5.73. The average Bonchev–Trinajstić information content (AvgIpc) is 2.34. The van der Waals surface area contributed by atoms with E-state index in [0.29, 0.717) is 12.0 Å². The first-order valence-electron chi connectivity index (χ1n) is 4.19. The van der Waals surface area contributed by atoms with Crippen LogP contribution in [0.15, 0.2) is 0 Å². The van der Waals surface area contributed by atoms with Crippen molar-refractivity contribution in [2.24, 2.45) is 11.7 Å². The molecule has 0 aliphatic heterocycles. The van der Waals surface area contributed by atoms with Crippen LogP contribution in [0.2, 0.25) is 0 Å². The number of carbonyl (C=O) groups is 1. The van der Waals surface area contributed by atoms with Gasteiger partial charge in [0.05, 0.1) is 0 Å². The number of rotatable bonds is 2. The molecule has 2 unspecified atom stereocenters. The van der Waals surface area contributed by atoms with Crippen LogP contribution in [0.5, 0.6) is 0 Å². The summed E-state index contributed by atoms with van der Waals surface area (Å²) < 4.78 is 0. The summed E-state index contributed by atoms with van der Waals surface area (Å²) >= 11 is 0. The molecule has 1 amide bonds. The fourth-order valence-corrected chi connectivity index (χ4v) is 1.71. The van der Waals surface area contributed by atoms with Gasteiger partial charge in [0.25, 0.3) is 0 Å². The van der Waals surface area contributed by atoms with Crippen molar-refractivity contribution in [2.45, 2.75) is 32.2 Å². The van der Waals surface area contributed by atoms with Crippen LogP contribution in [-0.4, -0.2) is 18.5 Å². The van der Waals surface area contributed by atoms with E-state index in [9.17, 15) is 4.79 Å². The van der Waals surface area contributed by atoms with Gasteiger partial charge in [0.1, 0.15) is 0 Å². The Kier molecular flexibility index (Phi) is 2.88. The minimum absolute atomic E-state index is 0.0765. The lowest BCUT2D eigenvalue weighted by molar-refractivity contribution is -0.119. The van der Waals surface area contributed by atoms with Gasteiger partial charge in [0.15, 0.2) is 0 Å². The monoisotopic (exact) mass is 156 g/mol. The highest BCUT2D eigenvalue weighted by atomic mass is 16.1. The predicted octanol–water partition coefficient (Wildman–Crippen LogP) is 0.250. The highest BCUT2D eigenvalue weighted by Crippen LogP contribution is 2.24. The number of carbonyl (C=O) groups excluding carboxylic acids is 1. The molecule has 0 aromatic carbocycles. The zero-order valence-electron chi connectivity index (χ0n) is 6.97. The maximum Gasteiger partial charge on any atom is 0.217 e. The van der Waals surface area contributed by atoms with E-state index in [1.807, 2.05) is 0 Å². The SMILES string of the molecule is CC(=O)NC1CCC(CN)C1. The van der Waals surface area contributed by atoms with E-state index in [-0.39, 0.29) is 5.91 Å². The smallest absolute Gasteiger partial charge is 0.217 e. The van der Waals surface area contributed by atoms with E-state index in [1.54, 1.807) is 6.92 Å². The Balaban J connectivity index is 2.24. The van der Waals surface area contributed by atoms with Gasteiger partial charge in [-0.3, -0.25) is 4.79 Å². The Morgan fingerprint density at radius 3 is 2.82 bits per heavy atom. The molecule has 0 aromatic rings. The molecule has 3 N–H and O–H groups in total. The van der Waals surface area contributed by atoms with Gasteiger partial charge >= 0.3 is 0 Å². The van der Waals surface area contributed by atoms with Crippen molar-refractivity contribution in [3.8, 4) is 0 Å². The van der Waals surface area contributed by atoms with Crippen molar-refractivity contribution in [1.82, 2.24) is 5.32 Å². The molecule has 3 heteroatoms. The van der Waals surface area contributed by atoms with E-state index in [4.69, 9.17) is 5.73 Å². The van der Waals surface area contributed by atoms with Crippen LogP contribution in [0.4, 0.5) is 0 Å². The molecule has 1 aliphatic carbocycles. The van der Waals surface area contributed by atoms with Crippen molar-refractivity contribution < 1.29 is 4.79 Å². The Bertz CT molecular complexity index is 147. The fraction of sp³-hybridized carbons (Fsp3) is 0.875. The summed E-state index contributed by atoms with van der Waals surface area (Å²) in [4.78, 5) is 10.7. The molecule has 0 aromatic heterocycles. The number of nitrogens with one attached hydrogen (secondary N) is 1. The van der Waals surface area contributed by atoms with Gasteiger partial charge in [-0.05, 0) is 31.7 Å². The first-order valence-corrected chi connectivity index (χ1v) is 4.19. The molecule has 2 atom stereocenters. The minimum Gasteiger partial charge on any atom is -0.354 e. The standard InChI is InChI=1S/C8H16N2O/c1-6(11)10-8-3-2-7(4-8)5-9/h7-8H,2-5,9H2,1H3,(H,10,11). The largest absolute Gasteiger partial charge is 0.354 e. The lowest BCUT2D eigenvalue weighted by atomic mass is 10.1. The first kappa shape index (κ1) is 8.53. The maximum atomic E-state index is 10.7. The number of hydrogen-bond donors (Lipinski definition) is 2. The third kappa shape index (κ3) is 2.50. The van der Waals surface area contributed by atoms with Crippen molar-refractivity contribution >= 4 is 5.91 Å². The van der Waals surface area contributed by atoms with Gasteiger partial charge < -0.3 is 11.1 Å².